The molecule has 19 nitrogen and oxygen atoms in total. The highest BCUT2D eigenvalue weighted by atomic mass is 16.8. The average Bonchev–Trinajstić information content (AvgIpc) is 3.13. The Morgan fingerprint density at radius 1 is 0.850 bits per heavy atom. The number of nitrogens with two attached hydrogens (primary N) is 4. The van der Waals surface area contributed by atoms with Crippen LogP contribution >= 0.6 is 0 Å². The Hall–Kier alpha value is -1.98. The summed E-state index contributed by atoms with van der Waals surface area (Å²) in [6, 6.07) is -3.94. The van der Waals surface area contributed by atoms with Gasteiger partial charge in [0, 0.05) is 7.11 Å². The van der Waals surface area contributed by atoms with Gasteiger partial charge in [0.05, 0.1) is 12.6 Å². The van der Waals surface area contributed by atoms with E-state index in [1.165, 1.54) is 14.0 Å². The standard InChI is InChI=1S/C21H41N7O12/c1-5-21(35,36-3)16(40-17-9(26-2)13(33)10(30)6(4-29)38-17)18(37-5)39-15-8(28-20(24)25)11(31)7(27-19(22)23)12(32)14(15)34/h5-18,26,29-35H,4H2,1-3H3,(H4,22,23,27)(H4,24,25,28)/t5-,6?,7-,8-,9?,10-,11?,12?,13+,14?,15+,16-,17-,18?,21?/m0/s1. The number of rotatable bonds is 9. The van der Waals surface area contributed by atoms with E-state index in [1.54, 1.807) is 0 Å². The molecule has 15 atom stereocenters. The van der Waals surface area contributed by atoms with Crippen LogP contribution in [0.2, 0.25) is 0 Å². The minimum atomic E-state index is -2.20. The Morgan fingerprint density at radius 3 is 1.98 bits per heavy atom. The van der Waals surface area contributed by atoms with Crippen LogP contribution in [0, 0.1) is 0 Å². The molecule has 0 aromatic heterocycles. The molecular weight excluding hydrogens is 542 g/mol. The van der Waals surface area contributed by atoms with Gasteiger partial charge in [-0.1, -0.05) is 0 Å². The first-order chi connectivity index (χ1) is 18.7. The Kier molecular flexibility index (Phi) is 10.5. The quantitative estimate of drug-likeness (QED) is 0.0680. The smallest absolute Gasteiger partial charge is 0.224 e. The van der Waals surface area contributed by atoms with Gasteiger partial charge in [0.15, 0.2) is 30.6 Å². The second-order valence-corrected chi connectivity index (χ2v) is 9.84. The Labute approximate surface area is 229 Å². The van der Waals surface area contributed by atoms with Crippen LogP contribution in [-0.2, 0) is 23.7 Å². The monoisotopic (exact) mass is 583 g/mol. The van der Waals surface area contributed by atoms with Crippen molar-refractivity contribution in [2.45, 2.75) is 98.4 Å². The number of methoxy groups -OCH3 is 1. The Morgan fingerprint density at radius 2 is 1.45 bits per heavy atom. The van der Waals surface area contributed by atoms with Crippen molar-refractivity contribution in [1.29, 1.82) is 0 Å². The summed E-state index contributed by atoms with van der Waals surface area (Å²) in [5.41, 5.74) is 21.9. The molecule has 0 aromatic rings. The maximum Gasteiger partial charge on any atom is 0.224 e. The number of hydrogen-bond acceptors (Lipinski definition) is 15. The molecule has 19 heteroatoms. The molecule has 1 aliphatic carbocycles. The maximum absolute atomic E-state index is 11.3. The molecule has 0 radical (unpaired) electrons. The zero-order valence-electron chi connectivity index (χ0n) is 22.2. The van der Waals surface area contributed by atoms with E-state index in [-0.39, 0.29) is 0 Å². The third-order valence-corrected chi connectivity index (χ3v) is 7.36. The highest BCUT2D eigenvalue weighted by Crippen LogP contribution is 2.39. The van der Waals surface area contributed by atoms with Crippen molar-refractivity contribution in [3.63, 3.8) is 0 Å². The van der Waals surface area contributed by atoms with E-state index in [0.717, 1.165) is 7.11 Å². The number of aliphatic hydroxyl groups is 7. The maximum atomic E-state index is 11.3. The van der Waals surface area contributed by atoms with Crippen LogP contribution in [-0.4, -0.2) is 160 Å². The van der Waals surface area contributed by atoms with Crippen LogP contribution < -0.4 is 28.3 Å². The van der Waals surface area contributed by atoms with Crippen LogP contribution in [0.3, 0.4) is 0 Å². The Balaban J connectivity index is 1.96. The van der Waals surface area contributed by atoms with Crippen molar-refractivity contribution >= 4 is 11.9 Å². The van der Waals surface area contributed by atoms with E-state index in [9.17, 15) is 35.7 Å². The van der Waals surface area contributed by atoms with Gasteiger partial charge in [-0.25, -0.2) is 9.98 Å². The van der Waals surface area contributed by atoms with Crippen molar-refractivity contribution in [1.82, 2.24) is 5.32 Å². The van der Waals surface area contributed by atoms with Gasteiger partial charge in [-0.2, -0.15) is 0 Å². The second-order valence-electron chi connectivity index (χ2n) is 9.84. The summed E-state index contributed by atoms with van der Waals surface area (Å²) in [5.74, 6) is -3.18. The van der Waals surface area contributed by atoms with Crippen LogP contribution in [0.15, 0.2) is 9.98 Å². The molecule has 3 rings (SSSR count). The fraction of sp³-hybridized carbons (Fsp3) is 0.905. The minimum absolute atomic E-state index is 0.482. The van der Waals surface area contributed by atoms with E-state index >= 15 is 0 Å². The first-order valence-electron chi connectivity index (χ1n) is 12.5. The Bertz CT molecular complexity index is 911. The number of nitrogens with one attached hydrogen (secondary N) is 1. The number of hydrogen-bond donors (Lipinski definition) is 12. The van der Waals surface area contributed by atoms with Gasteiger partial charge >= 0.3 is 0 Å². The third kappa shape index (κ3) is 6.11. The fourth-order valence-electron chi connectivity index (χ4n) is 5.15. The van der Waals surface area contributed by atoms with Gasteiger partial charge in [-0.05, 0) is 14.0 Å². The summed E-state index contributed by atoms with van der Waals surface area (Å²) in [4.78, 5) is 7.69. The summed E-state index contributed by atoms with van der Waals surface area (Å²) < 4.78 is 28.6. The lowest BCUT2D eigenvalue weighted by atomic mass is 9.81. The summed E-state index contributed by atoms with van der Waals surface area (Å²) in [7, 11) is 2.62. The molecular formula is C21H41N7O12. The van der Waals surface area contributed by atoms with E-state index in [1.807, 2.05) is 0 Å². The first kappa shape index (κ1) is 32.5. The van der Waals surface area contributed by atoms with Crippen LogP contribution in [0.1, 0.15) is 6.92 Å². The number of guanidine groups is 2. The molecule has 1 saturated carbocycles. The molecule has 40 heavy (non-hydrogen) atoms. The average molecular weight is 584 g/mol. The largest absolute Gasteiger partial charge is 0.394 e. The summed E-state index contributed by atoms with van der Waals surface area (Å²) in [6.45, 7) is 0.765. The highest BCUT2D eigenvalue weighted by molar-refractivity contribution is 5.76. The van der Waals surface area contributed by atoms with Gasteiger partial charge in [-0.3, -0.25) is 0 Å². The molecule has 16 N–H and O–H groups in total. The van der Waals surface area contributed by atoms with Crippen molar-refractivity contribution in [3.8, 4) is 0 Å². The van der Waals surface area contributed by atoms with Gasteiger partial charge in [0.2, 0.25) is 5.79 Å². The van der Waals surface area contributed by atoms with Crippen LogP contribution in [0.4, 0.5) is 0 Å². The lowest BCUT2D eigenvalue weighted by molar-refractivity contribution is -0.338. The SMILES string of the molecule is CNC1[C@H](O[C@H]2C(O[C@H]3C(O)C(O)[C@@H](N=C(N)N)C(O)[C@@H]3N=C(N)N)O[C@@H](C)C2(O)OC)OC(CO)[C@H](O)[C@@H]1O. The number of likely N-dealkylation sites (N-methyl/N-ethyl adjacent to an activating group) is 1. The molecule has 2 heterocycles. The molecule has 2 saturated heterocycles. The fourth-order valence-corrected chi connectivity index (χ4v) is 5.15. The minimum Gasteiger partial charge on any atom is -0.394 e. The zero-order valence-corrected chi connectivity index (χ0v) is 22.2. The molecule has 0 aromatic carbocycles. The molecule has 0 amide bonds. The summed E-state index contributed by atoms with van der Waals surface area (Å²) >= 11 is 0. The van der Waals surface area contributed by atoms with E-state index < -0.39 is 110 Å². The van der Waals surface area contributed by atoms with Gasteiger partial charge in [-0.15, -0.1) is 0 Å². The molecule has 7 unspecified atom stereocenters. The lowest BCUT2D eigenvalue weighted by Gasteiger charge is -2.45. The van der Waals surface area contributed by atoms with Crippen molar-refractivity contribution < 1.29 is 59.4 Å². The van der Waals surface area contributed by atoms with Crippen LogP contribution in [0.25, 0.3) is 0 Å². The van der Waals surface area contributed by atoms with Crippen molar-refractivity contribution in [2.75, 3.05) is 20.8 Å². The van der Waals surface area contributed by atoms with Crippen molar-refractivity contribution in [2.24, 2.45) is 32.9 Å². The predicted octanol–water partition coefficient (Wildman–Crippen LogP) is -7.76. The van der Waals surface area contributed by atoms with Gasteiger partial charge in [0.25, 0.3) is 0 Å². The van der Waals surface area contributed by atoms with Gasteiger partial charge in [0.1, 0.15) is 60.9 Å². The molecule has 3 aliphatic rings. The topological polar surface area (TPSA) is 329 Å². The number of nitrogens with zero attached hydrogens (tertiary/aromatic N) is 2. The highest BCUT2D eigenvalue weighted by Gasteiger charge is 2.61. The first-order valence-corrected chi connectivity index (χ1v) is 12.5. The van der Waals surface area contributed by atoms with E-state index in [2.05, 4.69) is 15.3 Å². The predicted molar refractivity (Wildman–Crippen MR) is 134 cm³/mol. The third-order valence-electron chi connectivity index (χ3n) is 7.36. The number of aliphatic hydroxyl groups excluding tert-OH is 6. The number of ether oxygens (including phenoxy) is 5. The number of aliphatic imine (C=N–C) groups is 2. The van der Waals surface area contributed by atoms with Crippen LogP contribution in [0.5, 0.6) is 0 Å². The summed E-state index contributed by atoms with van der Waals surface area (Å²) in [6.07, 6.45) is -16.7. The molecule has 232 valence electrons. The summed E-state index contributed by atoms with van der Waals surface area (Å²) in [5, 5.41) is 77.0. The van der Waals surface area contributed by atoms with E-state index in [4.69, 9.17) is 46.6 Å². The second kappa shape index (κ2) is 12.9. The molecule has 3 fully saturated rings. The van der Waals surface area contributed by atoms with Gasteiger partial charge < -0.3 is 87.7 Å². The molecule has 0 spiro atoms. The molecule has 0 bridgehead atoms. The van der Waals surface area contributed by atoms with Crippen molar-refractivity contribution in [3.05, 3.63) is 0 Å². The normalized spacial score (nSPS) is 47.5. The lowest BCUT2D eigenvalue weighted by Crippen LogP contribution is -2.66. The van der Waals surface area contributed by atoms with E-state index in [0.29, 0.717) is 0 Å². The molecule has 2 aliphatic heterocycles. The zero-order chi connectivity index (χ0) is 30.1.